The van der Waals surface area contributed by atoms with E-state index in [9.17, 15) is 0 Å². The number of rotatable bonds is 5. The van der Waals surface area contributed by atoms with Crippen LogP contribution in [0.2, 0.25) is 0 Å². The monoisotopic (exact) mass is 334 g/mol. The molecule has 3 rings (SSSR count). The average molecular weight is 334 g/mol. The topological polar surface area (TPSA) is 52.9 Å². The second-order valence-corrected chi connectivity index (χ2v) is 6.22. The molecular weight excluding hydrogens is 320 g/mol. The Kier molecular flexibility index (Phi) is 4.26. The molecule has 7 heteroatoms. The molecule has 0 atom stereocenters. The molecule has 0 saturated heterocycles. The van der Waals surface area contributed by atoms with Crippen LogP contribution in [0.3, 0.4) is 0 Å². The minimum absolute atomic E-state index is 0.565. The van der Waals surface area contributed by atoms with Crippen molar-refractivity contribution in [3.8, 4) is 17.2 Å². The number of aliphatic imine (C=N–C) groups is 1. The van der Waals surface area contributed by atoms with Gasteiger partial charge in [0.05, 0.1) is 26.8 Å². The molecule has 0 N–H and O–H groups in total. The summed E-state index contributed by atoms with van der Waals surface area (Å²) in [5, 5.41) is 2.68. The van der Waals surface area contributed by atoms with Crippen molar-refractivity contribution in [1.29, 1.82) is 0 Å². The molecule has 22 heavy (non-hydrogen) atoms. The molecule has 2 heterocycles. The van der Waals surface area contributed by atoms with Gasteiger partial charge in [-0.1, -0.05) is 17.4 Å². The second-order valence-electron chi connectivity index (χ2n) is 4.26. The summed E-state index contributed by atoms with van der Waals surface area (Å²) in [5.74, 6) is 1.77. The van der Waals surface area contributed by atoms with Crippen molar-refractivity contribution in [3.63, 3.8) is 0 Å². The summed E-state index contributed by atoms with van der Waals surface area (Å²) >= 11 is 3.09. The fourth-order valence-electron chi connectivity index (χ4n) is 2.05. The molecule has 0 saturated carbocycles. The van der Waals surface area contributed by atoms with E-state index in [-0.39, 0.29) is 0 Å². The van der Waals surface area contributed by atoms with Crippen LogP contribution in [-0.4, -0.2) is 32.5 Å². The zero-order valence-corrected chi connectivity index (χ0v) is 14.0. The summed E-state index contributed by atoms with van der Waals surface area (Å²) in [5.41, 5.74) is 0.776. The predicted molar refractivity (Wildman–Crippen MR) is 90.8 cm³/mol. The molecule has 1 aromatic carbocycles. The van der Waals surface area contributed by atoms with E-state index < -0.39 is 0 Å². The third-order valence-corrected chi connectivity index (χ3v) is 4.80. The lowest BCUT2D eigenvalue weighted by atomic mass is 10.2. The van der Waals surface area contributed by atoms with E-state index in [1.165, 1.54) is 11.3 Å². The van der Waals surface area contributed by atoms with E-state index in [4.69, 9.17) is 14.2 Å². The van der Waals surface area contributed by atoms with Crippen molar-refractivity contribution < 1.29 is 14.2 Å². The number of nitrogens with zero attached hydrogens (tertiary/aromatic N) is 2. The number of hydrogen-bond acceptors (Lipinski definition) is 7. The Morgan fingerprint density at radius 2 is 1.95 bits per heavy atom. The van der Waals surface area contributed by atoms with E-state index in [0.29, 0.717) is 22.4 Å². The van der Waals surface area contributed by atoms with Gasteiger partial charge in [0.15, 0.2) is 11.5 Å². The van der Waals surface area contributed by atoms with Crippen LogP contribution >= 0.6 is 22.7 Å². The fraction of sp³-hybridized carbons (Fsp3) is 0.200. The minimum atomic E-state index is 0.565. The summed E-state index contributed by atoms with van der Waals surface area (Å²) in [6.07, 6.45) is 1.81. The van der Waals surface area contributed by atoms with Crippen LogP contribution in [0.15, 0.2) is 28.6 Å². The van der Waals surface area contributed by atoms with Gasteiger partial charge in [-0.2, -0.15) is 0 Å². The molecule has 0 unspecified atom stereocenters. The number of thiazole rings is 1. The maximum absolute atomic E-state index is 5.47. The maximum atomic E-state index is 5.47. The first kappa shape index (κ1) is 14.8. The number of hydrogen-bond donors (Lipinski definition) is 0. The van der Waals surface area contributed by atoms with E-state index in [2.05, 4.69) is 9.98 Å². The molecule has 2 aromatic heterocycles. The van der Waals surface area contributed by atoms with E-state index in [1.807, 2.05) is 29.8 Å². The Morgan fingerprint density at radius 3 is 2.59 bits per heavy atom. The highest BCUT2D eigenvalue weighted by Gasteiger charge is 2.19. The normalized spacial score (nSPS) is 11.2. The van der Waals surface area contributed by atoms with E-state index >= 15 is 0 Å². The fourth-order valence-corrected chi connectivity index (χ4v) is 3.55. The lowest BCUT2D eigenvalue weighted by Crippen LogP contribution is -1.94. The van der Waals surface area contributed by atoms with Gasteiger partial charge in [0, 0.05) is 17.2 Å². The van der Waals surface area contributed by atoms with Crippen LogP contribution in [0.25, 0.3) is 10.2 Å². The summed E-state index contributed by atoms with van der Waals surface area (Å²) in [7, 11) is 4.78. The average Bonchev–Trinajstić information content (AvgIpc) is 3.19. The Hall–Kier alpha value is -2.12. The van der Waals surface area contributed by atoms with Crippen molar-refractivity contribution in [3.05, 3.63) is 28.5 Å². The van der Waals surface area contributed by atoms with Gasteiger partial charge < -0.3 is 14.2 Å². The lowest BCUT2D eigenvalue weighted by molar-refractivity contribution is 0.327. The molecule has 0 radical (unpaired) electrons. The molecule has 0 amide bonds. The Balaban J connectivity index is 2.09. The van der Waals surface area contributed by atoms with Crippen LogP contribution in [0, 0.1) is 0 Å². The van der Waals surface area contributed by atoms with Gasteiger partial charge in [-0.05, 0) is 11.4 Å². The van der Waals surface area contributed by atoms with Crippen LogP contribution in [0.5, 0.6) is 17.2 Å². The highest BCUT2D eigenvalue weighted by molar-refractivity contribution is 7.22. The van der Waals surface area contributed by atoms with Crippen LogP contribution in [0.1, 0.15) is 4.88 Å². The summed E-state index contributed by atoms with van der Waals surface area (Å²) in [6.45, 7) is 0. The first-order valence-electron chi connectivity index (χ1n) is 6.44. The van der Waals surface area contributed by atoms with Crippen LogP contribution in [-0.2, 0) is 0 Å². The first-order chi connectivity index (χ1) is 10.8. The van der Waals surface area contributed by atoms with E-state index in [0.717, 1.165) is 15.1 Å². The molecule has 0 aliphatic carbocycles. The number of thiophene rings is 1. The molecule has 0 bridgehead atoms. The van der Waals surface area contributed by atoms with Crippen LogP contribution in [0.4, 0.5) is 5.13 Å². The summed E-state index contributed by atoms with van der Waals surface area (Å²) in [6, 6.07) is 5.83. The maximum Gasteiger partial charge on any atom is 0.210 e. The molecular formula is C15H14N2O3S2. The molecule has 0 aliphatic heterocycles. The number of methoxy groups -OCH3 is 3. The molecule has 0 spiro atoms. The van der Waals surface area contributed by atoms with Gasteiger partial charge in [-0.15, -0.1) is 11.3 Å². The lowest BCUT2D eigenvalue weighted by Gasteiger charge is -2.11. The van der Waals surface area contributed by atoms with Crippen molar-refractivity contribution in [1.82, 2.24) is 4.98 Å². The quantitative estimate of drug-likeness (QED) is 0.658. The van der Waals surface area contributed by atoms with Gasteiger partial charge in [0.1, 0.15) is 4.70 Å². The Labute approximate surface area is 135 Å². The van der Waals surface area contributed by atoms with Gasteiger partial charge in [0.2, 0.25) is 10.9 Å². The molecule has 0 aliphatic rings. The third kappa shape index (κ3) is 2.65. The molecule has 5 nitrogen and oxygen atoms in total. The number of aromatic nitrogens is 1. The SMILES string of the molecule is COc1cc2nc(/N=C/c3cccs3)sc2c(OC)c1OC. The van der Waals surface area contributed by atoms with Crippen LogP contribution < -0.4 is 14.2 Å². The minimum Gasteiger partial charge on any atom is -0.493 e. The highest BCUT2D eigenvalue weighted by Crippen LogP contribution is 2.46. The second kappa shape index (κ2) is 6.33. The smallest absolute Gasteiger partial charge is 0.210 e. The van der Waals surface area contributed by atoms with Crippen molar-refractivity contribution in [2.24, 2.45) is 4.99 Å². The molecule has 0 fully saturated rings. The van der Waals surface area contributed by atoms with E-state index in [1.54, 1.807) is 32.7 Å². The summed E-state index contributed by atoms with van der Waals surface area (Å²) < 4.78 is 17.1. The Bertz CT molecular complexity index is 810. The van der Waals surface area contributed by atoms with Crippen molar-refractivity contribution in [2.45, 2.75) is 0 Å². The molecule has 114 valence electrons. The standard InChI is InChI=1S/C15H14N2O3S2/c1-18-11-7-10-14(13(20-3)12(11)19-2)22-15(17-10)16-8-9-5-4-6-21-9/h4-8H,1-3H3/b16-8+. The zero-order valence-electron chi connectivity index (χ0n) is 12.3. The highest BCUT2D eigenvalue weighted by atomic mass is 32.1. The molecule has 3 aromatic rings. The third-order valence-electron chi connectivity index (χ3n) is 3.02. The van der Waals surface area contributed by atoms with Gasteiger partial charge >= 0.3 is 0 Å². The summed E-state index contributed by atoms with van der Waals surface area (Å²) in [4.78, 5) is 10.0. The van der Waals surface area contributed by atoms with Crippen molar-refractivity contribution in [2.75, 3.05) is 21.3 Å². The van der Waals surface area contributed by atoms with Gasteiger partial charge in [-0.25, -0.2) is 9.98 Å². The predicted octanol–water partition coefficient (Wildman–Crippen LogP) is 4.13. The zero-order chi connectivity index (χ0) is 15.5. The Morgan fingerprint density at radius 1 is 1.14 bits per heavy atom. The number of benzene rings is 1. The number of ether oxygens (including phenoxy) is 3. The van der Waals surface area contributed by atoms with Gasteiger partial charge in [0.25, 0.3) is 0 Å². The van der Waals surface area contributed by atoms with Crippen molar-refractivity contribution >= 4 is 44.2 Å². The largest absolute Gasteiger partial charge is 0.493 e. The number of fused-ring (bicyclic) bond motifs is 1. The van der Waals surface area contributed by atoms with Gasteiger partial charge in [-0.3, -0.25) is 0 Å². The first-order valence-corrected chi connectivity index (χ1v) is 8.13.